The van der Waals surface area contributed by atoms with Crippen LogP contribution in [0, 0.1) is 0 Å². The summed E-state index contributed by atoms with van der Waals surface area (Å²) in [6, 6.07) is 5.28. The van der Waals surface area contributed by atoms with Crippen molar-refractivity contribution in [1.82, 2.24) is 0 Å². The molecule has 0 spiro atoms. The summed E-state index contributed by atoms with van der Waals surface area (Å²) in [7, 11) is 1.35. The quantitative estimate of drug-likeness (QED) is 0.820. The van der Waals surface area contributed by atoms with E-state index in [0.29, 0.717) is 17.9 Å². The molecule has 1 rings (SSSR count). The number of carbonyl (C=O) groups is 1. The molecule has 4 nitrogen and oxygen atoms in total. The third kappa shape index (κ3) is 4.31. The van der Waals surface area contributed by atoms with E-state index < -0.39 is 5.97 Å². The Morgan fingerprint density at radius 3 is 2.83 bits per heavy atom. The number of methoxy groups -OCH3 is 1. The fourth-order valence-corrected chi connectivity index (χ4v) is 1.92. The second-order valence-corrected chi connectivity index (χ2v) is 4.91. The monoisotopic (exact) mass is 315 g/mol. The second-order valence-electron chi connectivity index (χ2n) is 3.99. The Hall–Kier alpha value is -1.07. The van der Waals surface area contributed by atoms with Crippen LogP contribution < -0.4 is 10.5 Å². The molecule has 2 N–H and O–H groups in total. The number of hydrogen-bond donors (Lipinski definition) is 1. The molecular formula is C13H18BrNO3. The molecule has 18 heavy (non-hydrogen) atoms. The van der Waals surface area contributed by atoms with Crippen LogP contribution in [0.3, 0.4) is 0 Å². The van der Waals surface area contributed by atoms with Crippen molar-refractivity contribution in [2.24, 2.45) is 5.73 Å². The van der Waals surface area contributed by atoms with Crippen molar-refractivity contribution in [1.29, 1.82) is 0 Å². The number of benzene rings is 1. The van der Waals surface area contributed by atoms with Gasteiger partial charge in [-0.15, -0.1) is 0 Å². The minimum absolute atomic E-state index is 0.0122. The van der Waals surface area contributed by atoms with Gasteiger partial charge in [-0.25, -0.2) is 4.79 Å². The van der Waals surface area contributed by atoms with Crippen molar-refractivity contribution in [3.63, 3.8) is 0 Å². The zero-order valence-electron chi connectivity index (χ0n) is 10.6. The number of halogens is 1. The molecule has 0 aliphatic heterocycles. The van der Waals surface area contributed by atoms with Crippen LogP contribution in [0.1, 0.15) is 30.1 Å². The Labute approximate surface area is 116 Å². The molecule has 0 saturated heterocycles. The Balaban J connectivity index is 2.84. The van der Waals surface area contributed by atoms with Crippen molar-refractivity contribution >= 4 is 21.9 Å². The molecule has 1 aromatic rings. The van der Waals surface area contributed by atoms with Crippen LogP contribution in [-0.4, -0.2) is 25.7 Å². The van der Waals surface area contributed by atoms with Crippen molar-refractivity contribution < 1.29 is 14.3 Å². The Kier molecular flexibility index (Phi) is 6.15. The third-order valence-electron chi connectivity index (χ3n) is 2.49. The van der Waals surface area contributed by atoms with Crippen molar-refractivity contribution in [3.05, 3.63) is 28.2 Å². The van der Waals surface area contributed by atoms with Crippen molar-refractivity contribution in [2.45, 2.75) is 25.9 Å². The summed E-state index contributed by atoms with van der Waals surface area (Å²) >= 11 is 3.32. The number of carbonyl (C=O) groups excluding carboxylic acids is 1. The standard InChI is InChI=1S/C13H18BrNO3/c1-9(4-3-7-15)18-12-6-5-10(14)8-11(12)13(16)17-2/h5-6,8-9H,3-4,7,15H2,1-2H3. The van der Waals surface area contributed by atoms with Crippen LogP contribution in [0.2, 0.25) is 0 Å². The summed E-state index contributed by atoms with van der Waals surface area (Å²) in [6.07, 6.45) is 1.76. The maximum absolute atomic E-state index is 11.6. The van der Waals surface area contributed by atoms with E-state index >= 15 is 0 Å². The van der Waals surface area contributed by atoms with Gasteiger partial charge in [0.05, 0.1) is 13.2 Å². The Morgan fingerprint density at radius 1 is 1.50 bits per heavy atom. The summed E-state index contributed by atoms with van der Waals surface area (Å²) in [5.41, 5.74) is 5.88. The van der Waals surface area contributed by atoms with Crippen molar-refractivity contribution in [2.75, 3.05) is 13.7 Å². The van der Waals surface area contributed by atoms with Crippen LogP contribution in [0.5, 0.6) is 5.75 Å². The average Bonchev–Trinajstić information content (AvgIpc) is 2.37. The molecule has 0 amide bonds. The summed E-state index contributed by atoms with van der Waals surface area (Å²) in [4.78, 5) is 11.6. The van der Waals surface area contributed by atoms with E-state index in [1.165, 1.54) is 7.11 Å². The second kappa shape index (κ2) is 7.38. The van der Waals surface area contributed by atoms with Gasteiger partial charge in [0.2, 0.25) is 0 Å². The van der Waals surface area contributed by atoms with Gasteiger partial charge in [-0.1, -0.05) is 15.9 Å². The molecule has 1 atom stereocenters. The van der Waals surface area contributed by atoms with Gasteiger partial charge < -0.3 is 15.2 Å². The minimum atomic E-state index is -0.405. The number of esters is 1. The van der Waals surface area contributed by atoms with Gasteiger partial charge in [0.25, 0.3) is 0 Å². The van der Waals surface area contributed by atoms with Crippen LogP contribution in [0.4, 0.5) is 0 Å². The first-order valence-corrected chi connectivity index (χ1v) is 6.62. The van der Waals surface area contributed by atoms with E-state index in [1.807, 2.05) is 13.0 Å². The molecule has 0 radical (unpaired) electrons. The highest BCUT2D eigenvalue weighted by Crippen LogP contribution is 2.25. The fraction of sp³-hybridized carbons (Fsp3) is 0.462. The zero-order valence-corrected chi connectivity index (χ0v) is 12.2. The van der Waals surface area contributed by atoms with Gasteiger partial charge in [-0.05, 0) is 44.5 Å². The normalized spacial score (nSPS) is 12.0. The largest absolute Gasteiger partial charge is 0.490 e. The summed E-state index contributed by atoms with van der Waals surface area (Å²) in [6.45, 7) is 2.59. The summed E-state index contributed by atoms with van der Waals surface area (Å²) in [5.74, 6) is 0.131. The lowest BCUT2D eigenvalue weighted by atomic mass is 10.2. The predicted molar refractivity (Wildman–Crippen MR) is 73.9 cm³/mol. The molecule has 0 saturated carbocycles. The van der Waals surface area contributed by atoms with Gasteiger partial charge in [0.1, 0.15) is 11.3 Å². The summed E-state index contributed by atoms with van der Waals surface area (Å²) in [5, 5.41) is 0. The first kappa shape index (κ1) is 15.0. The Bertz CT molecular complexity index is 409. The molecule has 0 aromatic heterocycles. The minimum Gasteiger partial charge on any atom is -0.490 e. The molecule has 0 bridgehead atoms. The maximum Gasteiger partial charge on any atom is 0.341 e. The fourth-order valence-electron chi connectivity index (χ4n) is 1.56. The zero-order chi connectivity index (χ0) is 13.5. The maximum atomic E-state index is 11.6. The Morgan fingerprint density at radius 2 is 2.22 bits per heavy atom. The lowest BCUT2D eigenvalue weighted by molar-refractivity contribution is 0.0593. The third-order valence-corrected chi connectivity index (χ3v) is 2.98. The van der Waals surface area contributed by atoms with E-state index in [9.17, 15) is 4.79 Å². The first-order chi connectivity index (χ1) is 8.58. The van der Waals surface area contributed by atoms with Gasteiger partial charge in [0.15, 0.2) is 0 Å². The van der Waals surface area contributed by atoms with Gasteiger partial charge in [-0.2, -0.15) is 0 Å². The first-order valence-electron chi connectivity index (χ1n) is 5.83. The van der Waals surface area contributed by atoms with Gasteiger partial charge >= 0.3 is 5.97 Å². The van der Waals surface area contributed by atoms with Gasteiger partial charge in [-0.3, -0.25) is 0 Å². The molecule has 100 valence electrons. The van der Waals surface area contributed by atoms with E-state index in [-0.39, 0.29) is 6.10 Å². The molecule has 0 heterocycles. The van der Waals surface area contributed by atoms with E-state index in [0.717, 1.165) is 17.3 Å². The highest BCUT2D eigenvalue weighted by molar-refractivity contribution is 9.10. The predicted octanol–water partition coefficient (Wildman–Crippen LogP) is 2.74. The molecule has 0 fully saturated rings. The highest BCUT2D eigenvalue weighted by Gasteiger charge is 2.15. The van der Waals surface area contributed by atoms with Crippen LogP contribution in [0.15, 0.2) is 22.7 Å². The van der Waals surface area contributed by atoms with Crippen LogP contribution >= 0.6 is 15.9 Å². The van der Waals surface area contributed by atoms with Gasteiger partial charge in [0, 0.05) is 4.47 Å². The van der Waals surface area contributed by atoms with E-state index in [2.05, 4.69) is 15.9 Å². The summed E-state index contributed by atoms with van der Waals surface area (Å²) < 4.78 is 11.3. The topological polar surface area (TPSA) is 61.5 Å². The molecule has 1 aromatic carbocycles. The molecule has 0 aliphatic carbocycles. The lowest BCUT2D eigenvalue weighted by Gasteiger charge is -2.16. The average molecular weight is 316 g/mol. The van der Waals surface area contributed by atoms with E-state index in [4.69, 9.17) is 15.2 Å². The smallest absolute Gasteiger partial charge is 0.341 e. The number of hydrogen-bond acceptors (Lipinski definition) is 4. The lowest BCUT2D eigenvalue weighted by Crippen LogP contribution is -2.16. The number of ether oxygens (including phenoxy) is 2. The van der Waals surface area contributed by atoms with Crippen LogP contribution in [0.25, 0.3) is 0 Å². The molecular weight excluding hydrogens is 298 g/mol. The molecule has 0 aliphatic rings. The molecule has 5 heteroatoms. The molecule has 1 unspecified atom stereocenters. The highest BCUT2D eigenvalue weighted by atomic mass is 79.9. The SMILES string of the molecule is COC(=O)c1cc(Br)ccc1OC(C)CCCN. The van der Waals surface area contributed by atoms with Crippen LogP contribution in [-0.2, 0) is 4.74 Å². The number of rotatable bonds is 6. The van der Waals surface area contributed by atoms with Crippen molar-refractivity contribution in [3.8, 4) is 5.75 Å². The number of nitrogens with two attached hydrogens (primary N) is 1. The van der Waals surface area contributed by atoms with E-state index in [1.54, 1.807) is 12.1 Å².